The van der Waals surface area contributed by atoms with Crippen LogP contribution in [-0.2, 0) is 30.3 Å². The molecule has 1 aliphatic rings. The quantitative estimate of drug-likeness (QED) is 0.0763. The van der Waals surface area contributed by atoms with E-state index in [1.807, 2.05) is 18.2 Å². The third kappa shape index (κ3) is 10.5. The topological polar surface area (TPSA) is 114 Å². The molecule has 9 heteroatoms. The summed E-state index contributed by atoms with van der Waals surface area (Å²) in [5.74, 6) is -0.932. The largest absolute Gasteiger partial charge is 0.493 e. The van der Waals surface area contributed by atoms with Gasteiger partial charge in [0.2, 0.25) is 0 Å². The van der Waals surface area contributed by atoms with Crippen LogP contribution in [0.4, 0.5) is 0 Å². The Morgan fingerprint density at radius 3 is 1.62 bits per heavy atom. The highest BCUT2D eigenvalue weighted by Gasteiger charge is 2.33. The molecule has 3 aromatic rings. The lowest BCUT2D eigenvalue weighted by atomic mass is 9.81. The summed E-state index contributed by atoms with van der Waals surface area (Å²) >= 11 is 0. The summed E-state index contributed by atoms with van der Waals surface area (Å²) in [6, 6.07) is 16.6. The van der Waals surface area contributed by atoms with Crippen molar-refractivity contribution in [1.29, 1.82) is 0 Å². The van der Waals surface area contributed by atoms with Gasteiger partial charge in [-0.3, -0.25) is 4.79 Å². The molecule has 0 aliphatic carbocycles. The second-order valence-electron chi connectivity index (χ2n) is 12.7. The highest BCUT2D eigenvalue weighted by atomic mass is 16.6. The van der Waals surface area contributed by atoms with E-state index in [9.17, 15) is 19.2 Å². The summed E-state index contributed by atoms with van der Waals surface area (Å²) in [5, 5.41) is 0. The maximum absolute atomic E-state index is 12.4. The molecule has 9 nitrogen and oxygen atoms in total. The average molecular weight is 681 g/mol. The SMILES string of the molecule is C=C(C)C(=O)Oc1cc(-c2ccc(-c3ccc(OC(=O)C(=C)C)c(OC(=O)C(=C)C)c3)cc2CCC2(C)COC2)ccc1OC.C=C(C)C=O. The predicted octanol–water partition coefficient (Wildman–Crippen LogP) is 8.20. The first-order valence-electron chi connectivity index (χ1n) is 15.8. The molecular formula is C41H44O9. The van der Waals surface area contributed by atoms with Crippen molar-refractivity contribution in [1.82, 2.24) is 0 Å². The van der Waals surface area contributed by atoms with E-state index in [1.54, 1.807) is 44.2 Å². The molecule has 3 aromatic carbocycles. The number of esters is 3. The van der Waals surface area contributed by atoms with Gasteiger partial charge in [0.1, 0.15) is 6.29 Å². The second kappa shape index (κ2) is 17.2. The molecule has 1 saturated heterocycles. The first kappa shape index (κ1) is 38.9. The fourth-order valence-electron chi connectivity index (χ4n) is 4.63. The number of carbonyl (C=O) groups excluding carboxylic acids is 4. The second-order valence-corrected chi connectivity index (χ2v) is 12.7. The van der Waals surface area contributed by atoms with Gasteiger partial charge in [0, 0.05) is 22.1 Å². The molecule has 0 amide bonds. The van der Waals surface area contributed by atoms with Crippen LogP contribution in [0.1, 0.15) is 46.6 Å². The van der Waals surface area contributed by atoms with E-state index in [0.717, 1.165) is 46.9 Å². The molecule has 0 N–H and O–H groups in total. The lowest BCUT2D eigenvalue weighted by molar-refractivity contribution is -0.132. The van der Waals surface area contributed by atoms with Crippen LogP contribution in [0.3, 0.4) is 0 Å². The van der Waals surface area contributed by atoms with E-state index in [1.165, 1.54) is 21.0 Å². The highest BCUT2D eigenvalue weighted by Crippen LogP contribution is 2.40. The Labute approximate surface area is 293 Å². The van der Waals surface area contributed by atoms with Crippen molar-refractivity contribution in [3.8, 4) is 45.3 Å². The minimum atomic E-state index is -0.644. The zero-order valence-electron chi connectivity index (χ0n) is 29.6. The molecular weight excluding hydrogens is 636 g/mol. The Morgan fingerprint density at radius 2 is 1.14 bits per heavy atom. The molecule has 0 spiro atoms. The molecule has 262 valence electrons. The Balaban J connectivity index is 0.00000126. The zero-order valence-corrected chi connectivity index (χ0v) is 29.6. The summed E-state index contributed by atoms with van der Waals surface area (Å²) in [6.07, 6.45) is 2.37. The molecule has 1 fully saturated rings. The van der Waals surface area contributed by atoms with Gasteiger partial charge in [-0.25, -0.2) is 14.4 Å². The minimum Gasteiger partial charge on any atom is -0.493 e. The van der Waals surface area contributed by atoms with E-state index in [0.29, 0.717) is 30.3 Å². The predicted molar refractivity (Wildman–Crippen MR) is 193 cm³/mol. The lowest BCUT2D eigenvalue weighted by Gasteiger charge is -2.38. The van der Waals surface area contributed by atoms with Gasteiger partial charge in [-0.2, -0.15) is 0 Å². The van der Waals surface area contributed by atoms with Crippen molar-refractivity contribution >= 4 is 24.2 Å². The minimum absolute atomic E-state index is 0.0775. The molecule has 0 unspecified atom stereocenters. The van der Waals surface area contributed by atoms with E-state index in [2.05, 4.69) is 39.3 Å². The fourth-order valence-corrected chi connectivity index (χ4v) is 4.63. The number of allylic oxidation sites excluding steroid dienone is 1. The van der Waals surface area contributed by atoms with Gasteiger partial charge in [0.15, 0.2) is 23.0 Å². The normalized spacial score (nSPS) is 12.5. The first-order chi connectivity index (χ1) is 23.6. The monoisotopic (exact) mass is 680 g/mol. The summed E-state index contributed by atoms with van der Waals surface area (Å²) in [5.41, 5.74) is 5.79. The fraction of sp³-hybridized carbons (Fsp3) is 0.268. The van der Waals surface area contributed by atoms with E-state index < -0.39 is 17.9 Å². The molecule has 4 rings (SSSR count). The maximum atomic E-state index is 12.4. The van der Waals surface area contributed by atoms with Crippen LogP contribution in [0.5, 0.6) is 23.0 Å². The van der Waals surface area contributed by atoms with Crippen molar-refractivity contribution < 1.29 is 42.9 Å². The van der Waals surface area contributed by atoms with Gasteiger partial charge in [-0.05, 0) is 98.2 Å². The van der Waals surface area contributed by atoms with Crippen molar-refractivity contribution in [2.24, 2.45) is 5.41 Å². The number of hydrogen-bond acceptors (Lipinski definition) is 9. The van der Waals surface area contributed by atoms with Gasteiger partial charge in [0.05, 0.1) is 20.3 Å². The lowest BCUT2D eigenvalue weighted by Crippen LogP contribution is -2.39. The number of aryl methyl sites for hydroxylation is 1. The molecule has 0 saturated carbocycles. The van der Waals surface area contributed by atoms with Crippen LogP contribution in [-0.4, -0.2) is 44.5 Å². The Hall–Kier alpha value is -5.54. The number of aldehydes is 1. The van der Waals surface area contributed by atoms with Crippen molar-refractivity contribution in [2.75, 3.05) is 20.3 Å². The maximum Gasteiger partial charge on any atom is 0.338 e. The number of rotatable bonds is 13. The Kier molecular flexibility index (Phi) is 13.4. The molecule has 50 heavy (non-hydrogen) atoms. The van der Waals surface area contributed by atoms with Crippen LogP contribution < -0.4 is 18.9 Å². The Morgan fingerprint density at radius 1 is 0.700 bits per heavy atom. The molecule has 1 aliphatic heterocycles. The number of benzene rings is 3. The smallest absolute Gasteiger partial charge is 0.338 e. The summed E-state index contributed by atoms with van der Waals surface area (Å²) in [7, 11) is 1.52. The molecule has 1 heterocycles. The number of carbonyl (C=O) groups is 4. The number of ether oxygens (including phenoxy) is 5. The highest BCUT2D eigenvalue weighted by molar-refractivity contribution is 5.92. The molecule has 0 radical (unpaired) electrons. The van der Waals surface area contributed by atoms with Crippen LogP contribution in [0, 0.1) is 5.41 Å². The molecule has 0 bridgehead atoms. The van der Waals surface area contributed by atoms with Crippen molar-refractivity contribution in [3.05, 3.63) is 109 Å². The molecule has 0 aromatic heterocycles. The summed E-state index contributed by atoms with van der Waals surface area (Å²) in [4.78, 5) is 46.5. The average Bonchev–Trinajstić information content (AvgIpc) is 3.07. The third-order valence-electron chi connectivity index (χ3n) is 7.61. The van der Waals surface area contributed by atoms with Crippen LogP contribution >= 0.6 is 0 Å². The number of hydrogen-bond donors (Lipinski definition) is 0. The van der Waals surface area contributed by atoms with Gasteiger partial charge < -0.3 is 23.7 Å². The van der Waals surface area contributed by atoms with Crippen molar-refractivity contribution in [2.45, 2.75) is 47.5 Å². The molecule has 0 atom stereocenters. The number of methoxy groups -OCH3 is 1. The van der Waals surface area contributed by atoms with Crippen molar-refractivity contribution in [3.63, 3.8) is 0 Å². The third-order valence-corrected chi connectivity index (χ3v) is 7.61. The van der Waals surface area contributed by atoms with Gasteiger partial charge >= 0.3 is 17.9 Å². The summed E-state index contributed by atoms with van der Waals surface area (Å²) in [6.45, 7) is 24.2. The van der Waals surface area contributed by atoms with E-state index in [4.69, 9.17) is 23.7 Å². The van der Waals surface area contributed by atoms with Gasteiger partial charge in [-0.15, -0.1) is 0 Å². The standard InChI is InChI=1S/C37H38O8.C4H6O/c1-22(2)34(38)43-31-14-10-26(18-33(31)45-36(40)24(5)6)25-9-12-29(28(17-25)15-16-37(7)20-42-21-37)27-11-13-30(41-8)32(19-27)44-35(39)23(3)4;1-4(2)3-5/h9-14,17-19H,1,3,5,15-16,20-21H2,2,4,6-8H3;3H,1H2,2H3. The first-order valence-corrected chi connectivity index (χ1v) is 15.8. The van der Waals surface area contributed by atoms with E-state index in [-0.39, 0.29) is 33.6 Å². The summed E-state index contributed by atoms with van der Waals surface area (Å²) < 4.78 is 27.5. The van der Waals surface area contributed by atoms with Gasteiger partial charge in [-0.1, -0.05) is 63.6 Å². The van der Waals surface area contributed by atoms with Gasteiger partial charge in [0.25, 0.3) is 0 Å². The van der Waals surface area contributed by atoms with Crippen LogP contribution in [0.2, 0.25) is 0 Å². The Bertz CT molecular complexity index is 1840. The zero-order chi connectivity index (χ0) is 37.2. The van der Waals surface area contributed by atoms with E-state index >= 15 is 0 Å². The van der Waals surface area contributed by atoms with Crippen LogP contribution in [0.25, 0.3) is 22.3 Å². The van der Waals surface area contributed by atoms with Crippen LogP contribution in [0.15, 0.2) is 103 Å².